The Bertz CT molecular complexity index is 1290. The number of carbonyl (C=O) groups is 1. The van der Waals surface area contributed by atoms with Crippen molar-refractivity contribution in [2.75, 3.05) is 6.54 Å². The molecule has 0 fully saturated rings. The molecule has 166 valence electrons. The van der Waals surface area contributed by atoms with Crippen molar-refractivity contribution < 1.29 is 14.3 Å². The number of aliphatic hydroxyl groups is 1. The number of aryl methyl sites for hydroxylation is 1. The van der Waals surface area contributed by atoms with Crippen LogP contribution in [0.4, 0.5) is 0 Å². The maximum Gasteiger partial charge on any atom is 0.257 e. The van der Waals surface area contributed by atoms with Crippen LogP contribution in [0.1, 0.15) is 33.5 Å². The summed E-state index contributed by atoms with van der Waals surface area (Å²) in [4.78, 5) is 28.2. The molecule has 0 spiro atoms. The summed E-state index contributed by atoms with van der Waals surface area (Å²) in [5.41, 5.74) is 1.56. The van der Waals surface area contributed by atoms with Crippen molar-refractivity contribution in [3.8, 4) is 0 Å². The van der Waals surface area contributed by atoms with Gasteiger partial charge in [0.1, 0.15) is 17.4 Å². The Labute approximate surface area is 188 Å². The molecule has 0 bridgehead atoms. The highest BCUT2D eigenvalue weighted by Gasteiger charge is 2.16. The molecule has 0 radical (unpaired) electrons. The number of nitrogens with one attached hydrogen (secondary N) is 3. The first-order chi connectivity index (χ1) is 15.4. The van der Waals surface area contributed by atoms with Gasteiger partial charge in [0.2, 0.25) is 11.1 Å². The molecular formula is C23H23ClN4O4. The second-order valence-corrected chi connectivity index (χ2v) is 7.92. The Morgan fingerprint density at radius 2 is 2.03 bits per heavy atom. The van der Waals surface area contributed by atoms with Gasteiger partial charge in [0.25, 0.3) is 5.91 Å². The van der Waals surface area contributed by atoms with Gasteiger partial charge in [-0.05, 0) is 35.9 Å². The van der Waals surface area contributed by atoms with Gasteiger partial charge in [0.05, 0.1) is 11.9 Å². The molecule has 8 nitrogen and oxygen atoms in total. The normalized spacial score (nSPS) is 12.2. The number of aliphatic hydroxyl groups excluding tert-OH is 1. The first-order valence-electron chi connectivity index (χ1n) is 10.1. The number of H-pyrrole nitrogens is 1. The number of hydrogen-bond donors (Lipinski definition) is 4. The number of amides is 1. The van der Waals surface area contributed by atoms with Crippen LogP contribution in [-0.2, 0) is 20.1 Å². The third-order valence-electron chi connectivity index (χ3n) is 5.19. The zero-order valence-electron chi connectivity index (χ0n) is 17.4. The van der Waals surface area contributed by atoms with E-state index in [0.717, 1.165) is 11.3 Å². The Morgan fingerprint density at radius 1 is 1.25 bits per heavy atom. The van der Waals surface area contributed by atoms with Gasteiger partial charge in [-0.1, -0.05) is 23.7 Å². The number of fused-ring (bicyclic) bond motifs is 1. The van der Waals surface area contributed by atoms with E-state index in [4.69, 9.17) is 16.0 Å². The standard InChI is InChI=1S/C23H23ClN4O4/c1-28-8-2-3-19(28)20(29)13-25-11-16-9-17-21(30)18(12-27-23(17)32-16)22(31)26-10-14-4-6-15(24)7-5-14/h2-9,12,20,25,29H,10-11,13H2,1H3,(H,26,31)(H,27,30). The number of rotatable bonds is 8. The summed E-state index contributed by atoms with van der Waals surface area (Å²) in [6.45, 7) is 0.917. The quantitative estimate of drug-likeness (QED) is 0.327. The van der Waals surface area contributed by atoms with Gasteiger partial charge >= 0.3 is 0 Å². The van der Waals surface area contributed by atoms with Crippen LogP contribution in [0, 0.1) is 0 Å². The Balaban J connectivity index is 1.40. The van der Waals surface area contributed by atoms with Crippen LogP contribution in [0.2, 0.25) is 5.02 Å². The fourth-order valence-corrected chi connectivity index (χ4v) is 3.59. The van der Waals surface area contributed by atoms with E-state index < -0.39 is 17.4 Å². The van der Waals surface area contributed by atoms with Crippen molar-refractivity contribution in [3.63, 3.8) is 0 Å². The molecule has 1 aromatic carbocycles. The van der Waals surface area contributed by atoms with Crippen LogP contribution in [0.3, 0.4) is 0 Å². The summed E-state index contributed by atoms with van der Waals surface area (Å²) in [7, 11) is 1.87. The third-order valence-corrected chi connectivity index (χ3v) is 5.45. The second kappa shape index (κ2) is 9.44. The summed E-state index contributed by atoms with van der Waals surface area (Å²) < 4.78 is 7.52. The Kier molecular flexibility index (Phi) is 6.45. The lowest BCUT2D eigenvalue weighted by Gasteiger charge is -2.12. The minimum Gasteiger partial charge on any atom is -0.443 e. The number of carbonyl (C=O) groups excluding carboxylic acids is 1. The van der Waals surface area contributed by atoms with Crippen molar-refractivity contribution in [2.24, 2.45) is 7.05 Å². The predicted molar refractivity (Wildman–Crippen MR) is 122 cm³/mol. The van der Waals surface area contributed by atoms with Crippen LogP contribution >= 0.6 is 11.6 Å². The van der Waals surface area contributed by atoms with Gasteiger partial charge in [-0.25, -0.2) is 0 Å². The van der Waals surface area contributed by atoms with Gasteiger partial charge in [0.15, 0.2) is 0 Å². The topological polar surface area (TPSA) is 112 Å². The minimum atomic E-state index is -0.669. The molecule has 0 saturated carbocycles. The molecular weight excluding hydrogens is 432 g/mol. The van der Waals surface area contributed by atoms with E-state index in [9.17, 15) is 14.7 Å². The molecule has 0 aliphatic carbocycles. The molecule has 1 amide bonds. The van der Waals surface area contributed by atoms with E-state index in [1.54, 1.807) is 30.3 Å². The number of halogens is 1. The second-order valence-electron chi connectivity index (χ2n) is 7.49. The van der Waals surface area contributed by atoms with Gasteiger partial charge in [0, 0.05) is 43.2 Å². The zero-order chi connectivity index (χ0) is 22.7. The van der Waals surface area contributed by atoms with Gasteiger partial charge in [-0.2, -0.15) is 0 Å². The van der Waals surface area contributed by atoms with E-state index in [0.29, 0.717) is 35.0 Å². The van der Waals surface area contributed by atoms with Crippen LogP contribution in [0.5, 0.6) is 0 Å². The van der Waals surface area contributed by atoms with Gasteiger partial charge in [-0.15, -0.1) is 0 Å². The lowest BCUT2D eigenvalue weighted by molar-refractivity contribution is 0.0949. The van der Waals surface area contributed by atoms with Crippen LogP contribution in [0.15, 0.2) is 64.1 Å². The van der Waals surface area contributed by atoms with E-state index in [1.807, 2.05) is 29.9 Å². The lowest BCUT2D eigenvalue weighted by atomic mass is 10.2. The Hall–Kier alpha value is -3.33. The third kappa shape index (κ3) is 4.77. The zero-order valence-corrected chi connectivity index (χ0v) is 18.1. The molecule has 1 unspecified atom stereocenters. The molecule has 0 aliphatic heterocycles. The first kappa shape index (κ1) is 21.9. The average molecular weight is 455 g/mol. The number of nitrogens with zero attached hydrogens (tertiary/aromatic N) is 1. The minimum absolute atomic E-state index is 0.00547. The fraction of sp³-hybridized carbons (Fsp3) is 0.217. The Morgan fingerprint density at radius 3 is 2.75 bits per heavy atom. The molecule has 4 rings (SSSR count). The van der Waals surface area contributed by atoms with Crippen molar-refractivity contribution in [1.82, 2.24) is 20.2 Å². The molecule has 0 aliphatic rings. The van der Waals surface area contributed by atoms with Gasteiger partial charge < -0.3 is 29.7 Å². The number of aromatic amines is 1. The molecule has 9 heteroatoms. The van der Waals surface area contributed by atoms with Crippen molar-refractivity contribution in [1.29, 1.82) is 0 Å². The summed E-state index contributed by atoms with van der Waals surface area (Å²) in [6, 6.07) is 12.4. The summed E-state index contributed by atoms with van der Waals surface area (Å²) in [6.07, 6.45) is 2.55. The van der Waals surface area contributed by atoms with Crippen LogP contribution in [0.25, 0.3) is 11.1 Å². The first-order valence-corrected chi connectivity index (χ1v) is 10.5. The number of aromatic nitrogens is 2. The van der Waals surface area contributed by atoms with Crippen molar-refractivity contribution in [3.05, 3.63) is 92.7 Å². The van der Waals surface area contributed by atoms with Crippen molar-refractivity contribution >= 4 is 28.6 Å². The molecule has 4 N–H and O–H groups in total. The summed E-state index contributed by atoms with van der Waals surface area (Å²) >= 11 is 5.87. The largest absolute Gasteiger partial charge is 0.443 e. The SMILES string of the molecule is Cn1cccc1C(O)CNCc1cc2c(=O)c(C(=O)NCc3ccc(Cl)cc3)c[nH]c2o1. The highest BCUT2D eigenvalue weighted by atomic mass is 35.5. The molecule has 32 heavy (non-hydrogen) atoms. The predicted octanol–water partition coefficient (Wildman–Crippen LogP) is 2.87. The maximum absolute atomic E-state index is 12.8. The molecule has 3 aromatic heterocycles. The van der Waals surface area contributed by atoms with Crippen LogP contribution < -0.4 is 16.1 Å². The molecule has 0 saturated heterocycles. The van der Waals surface area contributed by atoms with E-state index >= 15 is 0 Å². The molecule has 4 aromatic rings. The highest BCUT2D eigenvalue weighted by Crippen LogP contribution is 2.16. The fourth-order valence-electron chi connectivity index (χ4n) is 3.46. The van der Waals surface area contributed by atoms with Crippen LogP contribution in [-0.4, -0.2) is 27.1 Å². The summed E-state index contributed by atoms with van der Waals surface area (Å²) in [5, 5.41) is 17.0. The number of pyridine rings is 1. The number of hydrogen-bond acceptors (Lipinski definition) is 5. The maximum atomic E-state index is 12.8. The molecule has 1 atom stereocenters. The molecule has 3 heterocycles. The van der Waals surface area contributed by atoms with Crippen molar-refractivity contribution in [2.45, 2.75) is 19.2 Å². The van der Waals surface area contributed by atoms with E-state index in [-0.39, 0.29) is 12.1 Å². The lowest BCUT2D eigenvalue weighted by Crippen LogP contribution is -2.28. The van der Waals surface area contributed by atoms with Gasteiger partial charge in [-0.3, -0.25) is 9.59 Å². The van der Waals surface area contributed by atoms with E-state index in [1.165, 1.54) is 6.20 Å². The smallest absolute Gasteiger partial charge is 0.257 e. The monoisotopic (exact) mass is 454 g/mol. The average Bonchev–Trinajstić information content (AvgIpc) is 3.39. The number of benzene rings is 1. The van der Waals surface area contributed by atoms with E-state index in [2.05, 4.69) is 15.6 Å². The summed E-state index contributed by atoms with van der Waals surface area (Å²) in [5.74, 6) is 0.0424. The highest BCUT2D eigenvalue weighted by molar-refractivity contribution is 6.30. The number of furan rings is 1.